The fraction of sp³-hybridized carbons (Fsp3) is 0.812. The molecule has 136 valence electrons. The summed E-state index contributed by atoms with van der Waals surface area (Å²) >= 11 is 0. The minimum absolute atomic E-state index is 0.0156. The second kappa shape index (κ2) is 8.86. The van der Waals surface area contributed by atoms with E-state index in [-0.39, 0.29) is 30.5 Å². The van der Waals surface area contributed by atoms with Gasteiger partial charge in [-0.1, -0.05) is 0 Å². The van der Waals surface area contributed by atoms with Crippen molar-refractivity contribution >= 4 is 17.9 Å². The van der Waals surface area contributed by atoms with Crippen LogP contribution >= 0.6 is 0 Å². The molecule has 0 saturated carbocycles. The van der Waals surface area contributed by atoms with Crippen molar-refractivity contribution in [2.45, 2.75) is 32.7 Å². The lowest BCUT2D eigenvalue weighted by atomic mass is 10.0. The van der Waals surface area contributed by atoms with Gasteiger partial charge in [0, 0.05) is 39.1 Å². The third kappa shape index (κ3) is 4.83. The highest BCUT2D eigenvalue weighted by atomic mass is 16.6. The molecule has 0 aromatic rings. The van der Waals surface area contributed by atoms with Crippen molar-refractivity contribution in [3.05, 3.63) is 0 Å². The molecule has 2 heterocycles. The molecule has 0 radical (unpaired) electrons. The molecular formula is C16H27N3O5. The summed E-state index contributed by atoms with van der Waals surface area (Å²) in [7, 11) is 0. The van der Waals surface area contributed by atoms with Crippen LogP contribution in [0.4, 0.5) is 4.79 Å². The number of amides is 3. The first-order valence-corrected chi connectivity index (χ1v) is 8.57. The van der Waals surface area contributed by atoms with Gasteiger partial charge in [0.1, 0.15) is 0 Å². The van der Waals surface area contributed by atoms with Crippen molar-refractivity contribution in [3.63, 3.8) is 0 Å². The van der Waals surface area contributed by atoms with Crippen LogP contribution in [0, 0.1) is 0 Å². The molecule has 24 heavy (non-hydrogen) atoms. The molecule has 2 aliphatic heterocycles. The Hall–Kier alpha value is -1.83. The lowest BCUT2D eigenvalue weighted by Gasteiger charge is -2.38. The van der Waals surface area contributed by atoms with E-state index in [1.807, 2.05) is 0 Å². The summed E-state index contributed by atoms with van der Waals surface area (Å²) in [6.07, 6.45) is 1.01. The monoisotopic (exact) mass is 341 g/mol. The lowest BCUT2D eigenvalue weighted by molar-refractivity contribution is -0.144. The number of likely N-dealkylation sites (tertiary alicyclic amines) is 1. The summed E-state index contributed by atoms with van der Waals surface area (Å²) in [5.74, 6) is -0.146. The molecule has 0 aromatic heterocycles. The first-order valence-electron chi connectivity index (χ1n) is 8.57. The number of rotatable bonds is 4. The Morgan fingerprint density at radius 2 is 1.71 bits per heavy atom. The second-order valence-electron chi connectivity index (χ2n) is 6.06. The Morgan fingerprint density at radius 3 is 2.25 bits per heavy atom. The molecule has 0 N–H and O–H groups in total. The molecule has 2 saturated heterocycles. The van der Waals surface area contributed by atoms with Crippen LogP contribution in [0.3, 0.4) is 0 Å². The van der Waals surface area contributed by atoms with Gasteiger partial charge in [0.2, 0.25) is 11.8 Å². The molecule has 0 bridgehead atoms. The van der Waals surface area contributed by atoms with Crippen molar-refractivity contribution in [2.24, 2.45) is 0 Å². The van der Waals surface area contributed by atoms with Crippen LogP contribution in [-0.4, -0.2) is 91.2 Å². The molecule has 8 nitrogen and oxygen atoms in total. The van der Waals surface area contributed by atoms with Crippen molar-refractivity contribution in [1.29, 1.82) is 0 Å². The number of ether oxygens (including phenoxy) is 2. The third-order valence-corrected chi connectivity index (χ3v) is 4.51. The number of hydrogen-bond acceptors (Lipinski definition) is 5. The Balaban J connectivity index is 1.88. The zero-order chi connectivity index (χ0) is 17.5. The summed E-state index contributed by atoms with van der Waals surface area (Å²) in [5, 5.41) is 0. The molecular weight excluding hydrogens is 314 g/mol. The maximum Gasteiger partial charge on any atom is 0.409 e. The van der Waals surface area contributed by atoms with Gasteiger partial charge in [-0.3, -0.25) is 9.59 Å². The number of nitrogens with zero attached hydrogens (tertiary/aromatic N) is 3. The number of hydrogen-bond donors (Lipinski definition) is 0. The molecule has 0 spiro atoms. The van der Waals surface area contributed by atoms with Crippen LogP contribution in [0.1, 0.15) is 26.7 Å². The van der Waals surface area contributed by atoms with E-state index < -0.39 is 0 Å². The minimum Gasteiger partial charge on any atom is -0.450 e. The maximum absolute atomic E-state index is 12.4. The Bertz CT molecular complexity index is 457. The fourth-order valence-electron chi connectivity index (χ4n) is 3.13. The van der Waals surface area contributed by atoms with E-state index in [0.29, 0.717) is 58.8 Å². The number of carbonyl (C=O) groups excluding carboxylic acids is 3. The van der Waals surface area contributed by atoms with Gasteiger partial charge in [0.15, 0.2) is 0 Å². The highest BCUT2D eigenvalue weighted by Crippen LogP contribution is 2.18. The van der Waals surface area contributed by atoms with Crippen molar-refractivity contribution in [2.75, 3.05) is 52.5 Å². The van der Waals surface area contributed by atoms with Crippen molar-refractivity contribution in [3.8, 4) is 0 Å². The van der Waals surface area contributed by atoms with E-state index >= 15 is 0 Å². The Kier molecular flexibility index (Phi) is 6.84. The number of carbonyl (C=O) groups is 3. The average molecular weight is 341 g/mol. The van der Waals surface area contributed by atoms with Crippen LogP contribution < -0.4 is 0 Å². The normalized spacial score (nSPS) is 19.1. The van der Waals surface area contributed by atoms with Gasteiger partial charge in [0.05, 0.1) is 26.4 Å². The van der Waals surface area contributed by atoms with Crippen LogP contribution in [0.2, 0.25) is 0 Å². The zero-order valence-electron chi connectivity index (χ0n) is 14.5. The molecule has 0 aromatic carbocycles. The molecule has 2 fully saturated rings. The number of piperidine rings is 1. The summed E-state index contributed by atoms with van der Waals surface area (Å²) in [4.78, 5) is 41.2. The largest absolute Gasteiger partial charge is 0.450 e. The minimum atomic E-state index is -0.310. The third-order valence-electron chi connectivity index (χ3n) is 4.51. The average Bonchev–Trinajstić information content (AvgIpc) is 2.60. The van der Waals surface area contributed by atoms with Crippen LogP contribution in [-0.2, 0) is 19.1 Å². The molecule has 0 unspecified atom stereocenters. The zero-order valence-corrected chi connectivity index (χ0v) is 14.5. The van der Waals surface area contributed by atoms with E-state index in [1.54, 1.807) is 21.6 Å². The van der Waals surface area contributed by atoms with Crippen molar-refractivity contribution in [1.82, 2.24) is 14.7 Å². The van der Waals surface area contributed by atoms with Crippen LogP contribution in [0.5, 0.6) is 0 Å². The smallest absolute Gasteiger partial charge is 0.409 e. The fourth-order valence-corrected chi connectivity index (χ4v) is 3.13. The summed E-state index contributed by atoms with van der Waals surface area (Å²) < 4.78 is 10.3. The van der Waals surface area contributed by atoms with E-state index in [0.717, 1.165) is 0 Å². The summed E-state index contributed by atoms with van der Waals surface area (Å²) in [6.45, 7) is 7.04. The molecule has 3 amide bonds. The Labute approximate surface area is 142 Å². The van der Waals surface area contributed by atoms with Crippen molar-refractivity contribution < 1.29 is 23.9 Å². The van der Waals surface area contributed by atoms with E-state index in [4.69, 9.17) is 9.47 Å². The maximum atomic E-state index is 12.4. The topological polar surface area (TPSA) is 79.4 Å². The van der Waals surface area contributed by atoms with E-state index in [2.05, 4.69) is 0 Å². The number of morpholine rings is 1. The summed E-state index contributed by atoms with van der Waals surface area (Å²) in [5.41, 5.74) is 0. The molecule has 0 atom stereocenters. The predicted octanol–water partition coefficient (Wildman–Crippen LogP) is 0.315. The first-order chi connectivity index (χ1) is 11.5. The second-order valence-corrected chi connectivity index (χ2v) is 6.06. The molecule has 2 rings (SSSR count). The van der Waals surface area contributed by atoms with Gasteiger partial charge in [-0.05, 0) is 19.8 Å². The highest BCUT2D eigenvalue weighted by molar-refractivity contribution is 5.84. The van der Waals surface area contributed by atoms with Gasteiger partial charge in [-0.15, -0.1) is 0 Å². The predicted molar refractivity (Wildman–Crippen MR) is 86.4 cm³/mol. The Morgan fingerprint density at radius 1 is 1.08 bits per heavy atom. The highest BCUT2D eigenvalue weighted by Gasteiger charge is 2.31. The molecule has 8 heteroatoms. The molecule has 0 aliphatic carbocycles. The van der Waals surface area contributed by atoms with Crippen LogP contribution in [0.15, 0.2) is 0 Å². The lowest BCUT2D eigenvalue weighted by Crippen LogP contribution is -2.52. The van der Waals surface area contributed by atoms with Gasteiger partial charge in [-0.25, -0.2) is 4.79 Å². The van der Waals surface area contributed by atoms with E-state index in [9.17, 15) is 14.4 Å². The van der Waals surface area contributed by atoms with Gasteiger partial charge >= 0.3 is 6.09 Å². The van der Waals surface area contributed by atoms with Crippen LogP contribution in [0.25, 0.3) is 0 Å². The first kappa shape index (κ1) is 18.5. The van der Waals surface area contributed by atoms with Gasteiger partial charge < -0.3 is 24.2 Å². The quantitative estimate of drug-likeness (QED) is 0.735. The standard InChI is InChI=1S/C16H27N3O5/c1-3-24-16(22)18-6-4-14(5-7-18)19(13(2)20)12-15(21)17-8-10-23-11-9-17/h14H,3-12H2,1-2H3. The van der Waals surface area contributed by atoms with E-state index in [1.165, 1.54) is 6.92 Å². The van der Waals surface area contributed by atoms with Gasteiger partial charge in [0.25, 0.3) is 0 Å². The van der Waals surface area contributed by atoms with Gasteiger partial charge in [-0.2, -0.15) is 0 Å². The summed E-state index contributed by atoms with van der Waals surface area (Å²) in [6, 6.07) is -0.0156. The molecule has 2 aliphatic rings. The SMILES string of the molecule is CCOC(=O)N1CCC(N(CC(=O)N2CCOCC2)C(C)=O)CC1.